The van der Waals surface area contributed by atoms with Crippen LogP contribution in [0.1, 0.15) is 5.56 Å². The van der Waals surface area contributed by atoms with Gasteiger partial charge < -0.3 is 10.6 Å². The number of benzene rings is 2. The summed E-state index contributed by atoms with van der Waals surface area (Å²) in [5, 5.41) is 10.1. The maximum Gasteiger partial charge on any atom is 0.190 e. The molecule has 0 aliphatic rings. The summed E-state index contributed by atoms with van der Waals surface area (Å²) in [7, 11) is 0. The second-order valence-corrected chi connectivity index (χ2v) is 6.75. The SMILES string of the molecule is S=C(NCc1cccc2cnccc12)Nc1nc2ccccc2s1. The molecule has 24 heavy (non-hydrogen) atoms. The Morgan fingerprint density at radius 1 is 1.08 bits per heavy atom. The van der Waals surface area contributed by atoms with Crippen LogP contribution in [0.25, 0.3) is 21.0 Å². The van der Waals surface area contributed by atoms with Crippen molar-refractivity contribution in [3.05, 3.63) is 66.5 Å². The van der Waals surface area contributed by atoms with E-state index in [0.29, 0.717) is 11.7 Å². The number of anilines is 1. The highest BCUT2D eigenvalue weighted by Gasteiger charge is 2.06. The van der Waals surface area contributed by atoms with Crippen LogP contribution in [-0.2, 0) is 6.54 Å². The van der Waals surface area contributed by atoms with E-state index in [1.165, 1.54) is 10.9 Å². The zero-order chi connectivity index (χ0) is 16.4. The molecule has 0 bridgehead atoms. The first-order chi connectivity index (χ1) is 11.8. The van der Waals surface area contributed by atoms with Crippen molar-refractivity contribution in [2.24, 2.45) is 0 Å². The Morgan fingerprint density at radius 2 is 2.00 bits per heavy atom. The molecule has 4 rings (SSSR count). The van der Waals surface area contributed by atoms with Crippen LogP contribution in [0.3, 0.4) is 0 Å². The smallest absolute Gasteiger partial charge is 0.190 e. The first-order valence-electron chi connectivity index (χ1n) is 7.52. The third-order valence-corrected chi connectivity index (χ3v) is 4.92. The van der Waals surface area contributed by atoms with Gasteiger partial charge >= 0.3 is 0 Å². The fourth-order valence-electron chi connectivity index (χ4n) is 2.59. The normalized spacial score (nSPS) is 10.8. The average Bonchev–Trinajstić information content (AvgIpc) is 3.02. The molecule has 118 valence electrons. The van der Waals surface area contributed by atoms with E-state index < -0.39 is 0 Å². The van der Waals surface area contributed by atoms with Crippen molar-refractivity contribution >= 4 is 54.8 Å². The standard InChI is InChI=1S/C18H14N4S2/c23-17(22-18-21-15-6-1-2-7-16(15)24-18)20-11-13-5-3-4-12-10-19-9-8-14(12)13/h1-10H,11H2,(H2,20,21,22,23). The zero-order valence-corrected chi connectivity index (χ0v) is 14.3. The number of aromatic nitrogens is 2. The lowest BCUT2D eigenvalue weighted by Crippen LogP contribution is -2.27. The number of thiazole rings is 1. The molecule has 0 saturated carbocycles. The van der Waals surface area contributed by atoms with Gasteiger partial charge in [0.15, 0.2) is 10.2 Å². The lowest BCUT2D eigenvalue weighted by Gasteiger charge is -2.10. The fraction of sp³-hybridized carbons (Fsp3) is 0.0556. The van der Waals surface area contributed by atoms with Gasteiger partial charge in [0.2, 0.25) is 0 Å². The van der Waals surface area contributed by atoms with Crippen LogP contribution < -0.4 is 10.6 Å². The molecule has 0 aliphatic carbocycles. The molecule has 4 aromatic rings. The van der Waals surface area contributed by atoms with Crippen LogP contribution in [0.15, 0.2) is 60.9 Å². The fourth-order valence-corrected chi connectivity index (χ4v) is 3.69. The van der Waals surface area contributed by atoms with Crippen LogP contribution in [0.2, 0.25) is 0 Å². The van der Waals surface area contributed by atoms with E-state index in [2.05, 4.69) is 38.8 Å². The molecule has 0 amide bonds. The van der Waals surface area contributed by atoms with Gasteiger partial charge in [-0.1, -0.05) is 41.7 Å². The molecule has 0 radical (unpaired) electrons. The molecule has 6 heteroatoms. The molecule has 2 N–H and O–H groups in total. The quantitative estimate of drug-likeness (QED) is 0.539. The number of pyridine rings is 1. The van der Waals surface area contributed by atoms with E-state index in [1.54, 1.807) is 11.3 Å². The monoisotopic (exact) mass is 350 g/mol. The molecule has 0 unspecified atom stereocenters. The number of hydrogen-bond donors (Lipinski definition) is 2. The summed E-state index contributed by atoms with van der Waals surface area (Å²) in [6.45, 7) is 0.651. The first-order valence-corrected chi connectivity index (χ1v) is 8.74. The number of nitrogens with zero attached hydrogens (tertiary/aromatic N) is 2. The minimum Gasteiger partial charge on any atom is -0.358 e. The Hall–Kier alpha value is -2.57. The highest BCUT2D eigenvalue weighted by atomic mass is 32.1. The van der Waals surface area contributed by atoms with E-state index >= 15 is 0 Å². The molecule has 0 spiro atoms. The van der Waals surface area contributed by atoms with Crippen LogP contribution in [0.5, 0.6) is 0 Å². The van der Waals surface area contributed by atoms with Gasteiger partial charge in [-0.15, -0.1) is 0 Å². The van der Waals surface area contributed by atoms with Crippen molar-refractivity contribution in [1.29, 1.82) is 0 Å². The van der Waals surface area contributed by atoms with Crippen molar-refractivity contribution in [2.45, 2.75) is 6.54 Å². The Labute approximate surface area is 148 Å². The highest BCUT2D eigenvalue weighted by molar-refractivity contribution is 7.80. The number of nitrogens with one attached hydrogen (secondary N) is 2. The largest absolute Gasteiger partial charge is 0.358 e. The van der Waals surface area contributed by atoms with Crippen molar-refractivity contribution in [3.63, 3.8) is 0 Å². The minimum atomic E-state index is 0.570. The summed E-state index contributed by atoms with van der Waals surface area (Å²) in [5.41, 5.74) is 2.16. The van der Waals surface area contributed by atoms with Gasteiger partial charge in [-0.3, -0.25) is 4.98 Å². The van der Waals surface area contributed by atoms with Crippen LogP contribution in [0.4, 0.5) is 5.13 Å². The molecule has 0 atom stereocenters. The summed E-state index contributed by atoms with van der Waals surface area (Å²) in [6.07, 6.45) is 3.68. The predicted octanol–water partition coefficient (Wildman–Crippen LogP) is 4.33. The van der Waals surface area contributed by atoms with E-state index in [9.17, 15) is 0 Å². The topological polar surface area (TPSA) is 49.8 Å². The van der Waals surface area contributed by atoms with Gasteiger partial charge in [-0.2, -0.15) is 0 Å². The molecule has 2 heterocycles. The van der Waals surface area contributed by atoms with E-state index in [0.717, 1.165) is 20.7 Å². The maximum atomic E-state index is 5.39. The van der Waals surface area contributed by atoms with Gasteiger partial charge in [0.1, 0.15) is 0 Å². The number of thiocarbonyl (C=S) groups is 1. The molecule has 4 nitrogen and oxygen atoms in total. The Morgan fingerprint density at radius 3 is 2.92 bits per heavy atom. The average molecular weight is 350 g/mol. The molecule has 0 saturated heterocycles. The minimum absolute atomic E-state index is 0.570. The van der Waals surface area contributed by atoms with Crippen LogP contribution >= 0.6 is 23.6 Å². The second-order valence-electron chi connectivity index (χ2n) is 5.31. The molecule has 2 aromatic carbocycles. The lowest BCUT2D eigenvalue weighted by atomic mass is 10.1. The number of rotatable bonds is 3. The summed E-state index contributed by atoms with van der Waals surface area (Å²) in [5.74, 6) is 0. The van der Waals surface area contributed by atoms with Crippen molar-refractivity contribution in [2.75, 3.05) is 5.32 Å². The van der Waals surface area contributed by atoms with E-state index in [4.69, 9.17) is 12.2 Å². The van der Waals surface area contributed by atoms with Crippen molar-refractivity contribution in [3.8, 4) is 0 Å². The van der Waals surface area contributed by atoms with Gasteiger partial charge in [0, 0.05) is 24.3 Å². The summed E-state index contributed by atoms with van der Waals surface area (Å²) < 4.78 is 1.14. The summed E-state index contributed by atoms with van der Waals surface area (Å²) >= 11 is 6.99. The highest BCUT2D eigenvalue weighted by Crippen LogP contribution is 2.25. The first kappa shape index (κ1) is 15.0. The number of hydrogen-bond acceptors (Lipinski definition) is 4. The predicted molar refractivity (Wildman–Crippen MR) is 104 cm³/mol. The van der Waals surface area contributed by atoms with E-state index in [-0.39, 0.29) is 0 Å². The summed E-state index contributed by atoms with van der Waals surface area (Å²) in [6, 6.07) is 16.3. The van der Waals surface area contributed by atoms with Crippen molar-refractivity contribution in [1.82, 2.24) is 15.3 Å². The lowest BCUT2D eigenvalue weighted by molar-refractivity contribution is 0.934. The van der Waals surface area contributed by atoms with Gasteiger partial charge in [-0.25, -0.2) is 4.98 Å². The Bertz CT molecular complexity index is 987. The van der Waals surface area contributed by atoms with Crippen LogP contribution in [-0.4, -0.2) is 15.1 Å². The number of fused-ring (bicyclic) bond motifs is 2. The third kappa shape index (κ3) is 3.06. The van der Waals surface area contributed by atoms with Gasteiger partial charge in [0.05, 0.1) is 10.2 Å². The van der Waals surface area contributed by atoms with Gasteiger partial charge in [0.25, 0.3) is 0 Å². The Balaban J connectivity index is 1.46. The molecule has 0 aliphatic heterocycles. The third-order valence-electron chi connectivity index (χ3n) is 3.72. The van der Waals surface area contributed by atoms with Crippen molar-refractivity contribution < 1.29 is 0 Å². The van der Waals surface area contributed by atoms with E-state index in [1.807, 2.05) is 42.7 Å². The zero-order valence-electron chi connectivity index (χ0n) is 12.7. The summed E-state index contributed by atoms with van der Waals surface area (Å²) in [4.78, 5) is 8.69. The molecular weight excluding hydrogens is 336 g/mol. The second kappa shape index (κ2) is 6.51. The Kier molecular flexibility index (Phi) is 4.06. The maximum absolute atomic E-state index is 5.39. The number of para-hydroxylation sites is 1. The van der Waals surface area contributed by atoms with Gasteiger partial charge in [-0.05, 0) is 41.4 Å². The van der Waals surface area contributed by atoms with Crippen LogP contribution in [0, 0.1) is 0 Å². The molecule has 2 aromatic heterocycles. The molecule has 0 fully saturated rings. The molecular formula is C18H14N4S2.